The van der Waals surface area contributed by atoms with Gasteiger partial charge in [-0.05, 0) is 37.1 Å². The van der Waals surface area contributed by atoms with Crippen molar-refractivity contribution < 1.29 is 17.6 Å². The van der Waals surface area contributed by atoms with Gasteiger partial charge in [0.15, 0.2) is 21.5 Å². The third kappa shape index (κ3) is 4.80. The molecular formula is C23H28N4O4S. The normalized spacial score (nSPS) is 22.8. The fraction of sp³-hybridized carbons (Fsp3) is 0.522. The van der Waals surface area contributed by atoms with E-state index in [2.05, 4.69) is 15.2 Å². The number of aryl methyl sites for hydroxylation is 1. The minimum absolute atomic E-state index is 0.00597. The molecule has 1 aromatic heterocycles. The molecule has 1 aromatic carbocycles. The van der Waals surface area contributed by atoms with Crippen molar-refractivity contribution in [2.45, 2.75) is 38.5 Å². The maximum Gasteiger partial charge on any atom is 0.224 e. The first-order valence-electron chi connectivity index (χ1n) is 11.1. The number of benzene rings is 1. The zero-order chi connectivity index (χ0) is 22.7. The predicted octanol–water partition coefficient (Wildman–Crippen LogP) is 2.80. The standard InChI is InChI=1S/C23H28N4O4S/c1-16-26-21(19-4-2-3-5-20(19)23(28)25-11-10-24)22(31-16)17-6-8-18(9-7-17)27-12-14-32(29,30)15-13-27/h6-9,19-20H,2-5,11-15H2,1H3,(H,25,28)/t19-,20-/m1/s1. The van der Waals surface area contributed by atoms with Crippen LogP contribution in [0.2, 0.25) is 0 Å². The van der Waals surface area contributed by atoms with E-state index in [9.17, 15) is 13.2 Å². The van der Waals surface area contributed by atoms with E-state index in [0.717, 1.165) is 42.6 Å². The summed E-state index contributed by atoms with van der Waals surface area (Å²) in [4.78, 5) is 19.4. The van der Waals surface area contributed by atoms with Gasteiger partial charge in [-0.15, -0.1) is 0 Å². The maximum absolute atomic E-state index is 12.7. The smallest absolute Gasteiger partial charge is 0.224 e. The number of sulfone groups is 1. The van der Waals surface area contributed by atoms with Crippen LogP contribution in [0.4, 0.5) is 5.69 Å². The first kappa shape index (κ1) is 22.3. The van der Waals surface area contributed by atoms with Crippen molar-refractivity contribution in [3.05, 3.63) is 35.9 Å². The summed E-state index contributed by atoms with van der Waals surface area (Å²) in [7, 11) is -2.92. The van der Waals surface area contributed by atoms with Gasteiger partial charge in [0.25, 0.3) is 0 Å². The van der Waals surface area contributed by atoms with Crippen LogP contribution >= 0.6 is 0 Å². The summed E-state index contributed by atoms with van der Waals surface area (Å²) < 4.78 is 29.4. The number of hydrogen-bond acceptors (Lipinski definition) is 7. The number of carbonyl (C=O) groups is 1. The summed E-state index contributed by atoms with van der Waals surface area (Å²) in [5.41, 5.74) is 2.67. The Morgan fingerprint density at radius 2 is 1.91 bits per heavy atom. The van der Waals surface area contributed by atoms with Gasteiger partial charge in [-0.25, -0.2) is 13.4 Å². The molecule has 32 heavy (non-hydrogen) atoms. The molecule has 8 nitrogen and oxygen atoms in total. The van der Waals surface area contributed by atoms with E-state index < -0.39 is 9.84 Å². The molecule has 2 fully saturated rings. The van der Waals surface area contributed by atoms with E-state index in [4.69, 9.17) is 9.68 Å². The molecule has 1 saturated heterocycles. The summed E-state index contributed by atoms with van der Waals surface area (Å²) in [6.07, 6.45) is 3.62. The first-order valence-corrected chi connectivity index (χ1v) is 12.9. The Balaban J connectivity index is 1.58. The Morgan fingerprint density at radius 3 is 2.59 bits per heavy atom. The van der Waals surface area contributed by atoms with Crippen LogP contribution in [0.15, 0.2) is 28.7 Å². The largest absolute Gasteiger partial charge is 0.441 e. The monoisotopic (exact) mass is 456 g/mol. The molecule has 0 bridgehead atoms. The lowest BCUT2D eigenvalue weighted by atomic mass is 9.76. The number of carbonyl (C=O) groups excluding carboxylic acids is 1. The molecule has 170 valence electrons. The van der Waals surface area contributed by atoms with E-state index >= 15 is 0 Å². The van der Waals surface area contributed by atoms with Crippen LogP contribution in [-0.4, -0.2) is 50.4 Å². The van der Waals surface area contributed by atoms with Crippen LogP contribution in [0.5, 0.6) is 0 Å². The van der Waals surface area contributed by atoms with E-state index in [1.807, 2.05) is 37.3 Å². The first-order chi connectivity index (χ1) is 15.4. The molecular weight excluding hydrogens is 428 g/mol. The van der Waals surface area contributed by atoms with Crippen molar-refractivity contribution in [1.29, 1.82) is 5.26 Å². The number of aromatic nitrogens is 1. The predicted molar refractivity (Wildman–Crippen MR) is 121 cm³/mol. The average molecular weight is 457 g/mol. The van der Waals surface area contributed by atoms with Gasteiger partial charge in [0.1, 0.15) is 6.54 Å². The molecule has 9 heteroatoms. The molecule has 4 rings (SSSR count). The number of nitriles is 1. The van der Waals surface area contributed by atoms with Crippen molar-refractivity contribution in [3.8, 4) is 17.4 Å². The van der Waals surface area contributed by atoms with Crippen LogP contribution in [0, 0.1) is 24.2 Å². The fourth-order valence-electron chi connectivity index (χ4n) is 4.73. The van der Waals surface area contributed by atoms with Crippen LogP contribution in [0.25, 0.3) is 11.3 Å². The van der Waals surface area contributed by atoms with Gasteiger partial charge in [0.2, 0.25) is 5.91 Å². The van der Waals surface area contributed by atoms with Crippen LogP contribution < -0.4 is 10.2 Å². The summed E-state index contributed by atoms with van der Waals surface area (Å²) in [5.74, 6) is 1.21. The molecule has 2 atom stereocenters. The maximum atomic E-state index is 12.7. The Kier molecular flexibility index (Phi) is 6.51. The second-order valence-corrected chi connectivity index (χ2v) is 10.8. The summed E-state index contributed by atoms with van der Waals surface area (Å²) in [6.45, 7) is 2.81. The van der Waals surface area contributed by atoms with Crippen LogP contribution in [-0.2, 0) is 14.6 Å². The highest BCUT2D eigenvalue weighted by molar-refractivity contribution is 7.91. The van der Waals surface area contributed by atoms with Crippen LogP contribution in [0.1, 0.15) is 43.2 Å². The van der Waals surface area contributed by atoms with Gasteiger partial charge in [0, 0.05) is 43.1 Å². The lowest BCUT2D eigenvalue weighted by Gasteiger charge is -2.30. The second-order valence-electron chi connectivity index (χ2n) is 8.51. The Hall–Kier alpha value is -2.86. The number of oxazole rings is 1. The second kappa shape index (κ2) is 9.33. The van der Waals surface area contributed by atoms with Gasteiger partial charge in [-0.3, -0.25) is 4.79 Å². The van der Waals surface area contributed by atoms with E-state index in [1.54, 1.807) is 0 Å². The zero-order valence-electron chi connectivity index (χ0n) is 18.2. The number of hydrogen-bond donors (Lipinski definition) is 1. The lowest BCUT2D eigenvalue weighted by molar-refractivity contribution is -0.126. The number of rotatable bonds is 5. The van der Waals surface area contributed by atoms with E-state index in [1.165, 1.54) is 0 Å². The Labute approximate surface area is 188 Å². The van der Waals surface area contributed by atoms with Crippen molar-refractivity contribution in [2.24, 2.45) is 5.92 Å². The highest BCUT2D eigenvalue weighted by Gasteiger charge is 2.36. The lowest BCUT2D eigenvalue weighted by Crippen LogP contribution is -2.40. The average Bonchev–Trinajstić information content (AvgIpc) is 3.19. The molecule has 1 aliphatic carbocycles. The molecule has 2 aromatic rings. The Morgan fingerprint density at radius 1 is 1.22 bits per heavy atom. The van der Waals surface area contributed by atoms with Crippen molar-refractivity contribution in [1.82, 2.24) is 10.3 Å². The van der Waals surface area contributed by atoms with E-state index in [-0.39, 0.29) is 35.8 Å². The molecule has 1 amide bonds. The minimum atomic E-state index is -2.92. The van der Waals surface area contributed by atoms with Gasteiger partial charge in [0.05, 0.1) is 23.3 Å². The molecule has 1 aliphatic heterocycles. The van der Waals surface area contributed by atoms with Gasteiger partial charge >= 0.3 is 0 Å². The highest BCUT2D eigenvalue weighted by atomic mass is 32.2. The topological polar surface area (TPSA) is 116 Å². The number of nitrogens with zero attached hydrogens (tertiary/aromatic N) is 3. The number of nitrogens with one attached hydrogen (secondary N) is 1. The third-order valence-electron chi connectivity index (χ3n) is 6.39. The molecule has 1 N–H and O–H groups in total. The number of anilines is 1. The fourth-order valence-corrected chi connectivity index (χ4v) is 5.93. The minimum Gasteiger partial charge on any atom is -0.441 e. The van der Waals surface area contributed by atoms with Crippen molar-refractivity contribution in [3.63, 3.8) is 0 Å². The molecule has 0 spiro atoms. The molecule has 2 aliphatic rings. The zero-order valence-corrected chi connectivity index (χ0v) is 19.0. The summed E-state index contributed by atoms with van der Waals surface area (Å²) >= 11 is 0. The SMILES string of the molecule is Cc1nc([C@@H]2CCCC[C@H]2C(=O)NCC#N)c(-c2ccc(N3CCS(=O)(=O)CC3)cc2)o1. The van der Waals surface area contributed by atoms with Crippen molar-refractivity contribution in [2.75, 3.05) is 36.0 Å². The van der Waals surface area contributed by atoms with Gasteiger partial charge in [-0.2, -0.15) is 5.26 Å². The van der Waals surface area contributed by atoms with Gasteiger partial charge < -0.3 is 14.6 Å². The van der Waals surface area contributed by atoms with Crippen LogP contribution in [0.3, 0.4) is 0 Å². The van der Waals surface area contributed by atoms with Crippen molar-refractivity contribution >= 4 is 21.4 Å². The Bertz CT molecular complexity index is 1100. The highest BCUT2D eigenvalue weighted by Crippen LogP contribution is 2.42. The summed E-state index contributed by atoms with van der Waals surface area (Å²) in [6, 6.07) is 9.86. The molecule has 0 unspecified atom stereocenters. The molecule has 0 radical (unpaired) electrons. The van der Waals surface area contributed by atoms with Gasteiger partial charge in [-0.1, -0.05) is 12.8 Å². The third-order valence-corrected chi connectivity index (χ3v) is 8.00. The molecule has 2 heterocycles. The number of amides is 1. The quantitative estimate of drug-likeness (QED) is 0.688. The molecule has 1 saturated carbocycles. The van der Waals surface area contributed by atoms with E-state index in [0.29, 0.717) is 24.7 Å². The summed E-state index contributed by atoms with van der Waals surface area (Å²) in [5, 5.41) is 11.5.